The van der Waals surface area contributed by atoms with Gasteiger partial charge in [-0.2, -0.15) is 0 Å². The first-order valence-electron chi connectivity index (χ1n) is 9.56. The fraction of sp³-hybridized carbons (Fsp3) is 0.476. The molecule has 2 fully saturated rings. The van der Waals surface area contributed by atoms with E-state index >= 15 is 0 Å². The Morgan fingerprint density at radius 1 is 1.12 bits per heavy atom. The summed E-state index contributed by atoms with van der Waals surface area (Å²) < 4.78 is 0. The highest BCUT2D eigenvalue weighted by atomic mass is 16.2. The van der Waals surface area contributed by atoms with Crippen molar-refractivity contribution >= 4 is 6.03 Å². The molecule has 1 N–H and O–H groups in total. The van der Waals surface area contributed by atoms with E-state index in [1.807, 2.05) is 17.3 Å². The summed E-state index contributed by atoms with van der Waals surface area (Å²) in [6.45, 7) is 4.43. The number of nitrogens with one attached hydrogen (secondary N) is 1. The van der Waals surface area contributed by atoms with Gasteiger partial charge in [0.25, 0.3) is 0 Å². The van der Waals surface area contributed by atoms with Crippen molar-refractivity contribution in [3.8, 4) is 0 Å². The average Bonchev–Trinajstić information content (AvgIpc) is 3.45. The summed E-state index contributed by atoms with van der Waals surface area (Å²) in [4.78, 5) is 22.9. The fourth-order valence-corrected chi connectivity index (χ4v) is 3.39. The van der Waals surface area contributed by atoms with Gasteiger partial charge in [-0.1, -0.05) is 29.8 Å². The number of likely N-dealkylation sites (tertiary alicyclic amines) is 1. The lowest BCUT2D eigenvalue weighted by Crippen LogP contribution is -2.54. The number of carbonyl (C=O) groups is 1. The van der Waals surface area contributed by atoms with Gasteiger partial charge in [0.1, 0.15) is 5.82 Å². The Morgan fingerprint density at radius 3 is 2.46 bits per heavy atom. The van der Waals surface area contributed by atoms with Gasteiger partial charge >= 0.3 is 6.03 Å². The van der Waals surface area contributed by atoms with E-state index in [-0.39, 0.29) is 6.03 Å². The molecule has 5 nitrogen and oxygen atoms in total. The summed E-state index contributed by atoms with van der Waals surface area (Å²) >= 11 is 0. The van der Waals surface area contributed by atoms with E-state index in [2.05, 4.69) is 46.5 Å². The van der Waals surface area contributed by atoms with E-state index in [0.29, 0.717) is 18.4 Å². The second kappa shape index (κ2) is 7.44. The van der Waals surface area contributed by atoms with Crippen molar-refractivity contribution in [1.82, 2.24) is 20.2 Å². The van der Waals surface area contributed by atoms with E-state index in [4.69, 9.17) is 0 Å². The molecule has 4 rings (SSSR count). The molecular formula is C21H26N4O. The first kappa shape index (κ1) is 17.0. The number of nitrogens with zero attached hydrogens (tertiary/aromatic N) is 3. The van der Waals surface area contributed by atoms with Crippen molar-refractivity contribution in [3.05, 3.63) is 59.2 Å². The summed E-state index contributed by atoms with van der Waals surface area (Å²) in [5.41, 5.74) is 3.72. The van der Waals surface area contributed by atoms with Crippen LogP contribution in [-0.4, -0.2) is 40.5 Å². The van der Waals surface area contributed by atoms with Crippen LogP contribution in [0.15, 0.2) is 36.7 Å². The number of benzene rings is 1. The molecule has 1 aromatic carbocycles. The van der Waals surface area contributed by atoms with Gasteiger partial charge in [0, 0.05) is 37.9 Å². The molecule has 1 aromatic heterocycles. The second-order valence-corrected chi connectivity index (χ2v) is 7.67. The van der Waals surface area contributed by atoms with Crippen LogP contribution in [0.3, 0.4) is 0 Å². The summed E-state index contributed by atoms with van der Waals surface area (Å²) in [6.07, 6.45) is 8.06. The van der Waals surface area contributed by atoms with Crippen LogP contribution in [0.25, 0.3) is 0 Å². The molecule has 1 aliphatic heterocycles. The number of rotatable bonds is 6. The molecule has 1 saturated heterocycles. The number of hydrogen-bond acceptors (Lipinski definition) is 3. The number of hydrogen-bond donors (Lipinski definition) is 1. The molecule has 2 aromatic rings. The summed E-state index contributed by atoms with van der Waals surface area (Å²) in [7, 11) is 0. The Labute approximate surface area is 154 Å². The summed E-state index contributed by atoms with van der Waals surface area (Å²) in [5, 5.41) is 3.01. The molecule has 26 heavy (non-hydrogen) atoms. The number of aromatic nitrogens is 2. The van der Waals surface area contributed by atoms with Crippen molar-refractivity contribution in [2.24, 2.45) is 5.92 Å². The first-order valence-corrected chi connectivity index (χ1v) is 9.56. The average molecular weight is 350 g/mol. The number of amides is 2. The minimum Gasteiger partial charge on any atom is -0.338 e. The maximum absolute atomic E-state index is 12.2. The largest absolute Gasteiger partial charge is 0.338 e. The Hall–Kier alpha value is -2.43. The van der Waals surface area contributed by atoms with E-state index in [9.17, 15) is 4.79 Å². The van der Waals surface area contributed by atoms with Crippen LogP contribution in [0.1, 0.15) is 41.3 Å². The molecule has 5 heteroatoms. The second-order valence-electron chi connectivity index (χ2n) is 7.67. The Morgan fingerprint density at radius 2 is 1.81 bits per heavy atom. The van der Waals surface area contributed by atoms with Gasteiger partial charge < -0.3 is 10.2 Å². The summed E-state index contributed by atoms with van der Waals surface area (Å²) in [6, 6.07) is 8.72. The zero-order chi connectivity index (χ0) is 17.9. The molecule has 0 radical (unpaired) electrons. The lowest BCUT2D eigenvalue weighted by atomic mass is 9.92. The van der Waals surface area contributed by atoms with Crippen LogP contribution in [0.2, 0.25) is 0 Å². The number of urea groups is 1. The highest BCUT2D eigenvalue weighted by Gasteiger charge is 2.30. The highest BCUT2D eigenvalue weighted by molar-refractivity contribution is 5.75. The Balaban J connectivity index is 1.15. The molecule has 136 valence electrons. The van der Waals surface area contributed by atoms with Gasteiger partial charge in [0.2, 0.25) is 0 Å². The Kier molecular flexibility index (Phi) is 4.87. The standard InChI is InChI=1S/C21H26N4O/c1-15-2-4-16(5-3-15)10-18-13-25(14-18)21(26)22-9-8-17-11-23-20(24-12-17)19-6-7-19/h2-5,11-12,18-19H,6-10,13-14H2,1H3,(H,22,26). The molecule has 2 heterocycles. The zero-order valence-corrected chi connectivity index (χ0v) is 15.3. The van der Waals surface area contributed by atoms with E-state index in [1.54, 1.807) is 0 Å². The molecule has 0 bridgehead atoms. The van der Waals surface area contributed by atoms with Crippen LogP contribution >= 0.6 is 0 Å². The fourth-order valence-electron chi connectivity index (χ4n) is 3.39. The topological polar surface area (TPSA) is 58.1 Å². The van der Waals surface area contributed by atoms with E-state index in [1.165, 1.54) is 24.0 Å². The summed E-state index contributed by atoms with van der Waals surface area (Å²) in [5.74, 6) is 2.13. The molecule has 2 aliphatic rings. The van der Waals surface area contributed by atoms with E-state index < -0.39 is 0 Å². The van der Waals surface area contributed by atoms with Gasteiger partial charge in [-0.3, -0.25) is 0 Å². The van der Waals surface area contributed by atoms with Crippen molar-refractivity contribution < 1.29 is 4.79 Å². The highest BCUT2D eigenvalue weighted by Crippen LogP contribution is 2.37. The van der Waals surface area contributed by atoms with Gasteiger partial charge in [-0.05, 0) is 49.7 Å². The molecule has 2 amide bonds. The van der Waals surface area contributed by atoms with Crippen LogP contribution in [0.5, 0.6) is 0 Å². The van der Waals surface area contributed by atoms with Crippen molar-refractivity contribution in [2.75, 3.05) is 19.6 Å². The van der Waals surface area contributed by atoms with Crippen LogP contribution in [-0.2, 0) is 12.8 Å². The third-order valence-corrected chi connectivity index (χ3v) is 5.25. The van der Waals surface area contributed by atoms with Crippen molar-refractivity contribution in [3.63, 3.8) is 0 Å². The van der Waals surface area contributed by atoms with Crippen molar-refractivity contribution in [2.45, 2.75) is 38.5 Å². The molecule has 1 aliphatic carbocycles. The predicted octanol–water partition coefficient (Wildman–Crippen LogP) is 3.09. The van der Waals surface area contributed by atoms with E-state index in [0.717, 1.165) is 37.3 Å². The monoisotopic (exact) mass is 350 g/mol. The maximum Gasteiger partial charge on any atom is 0.317 e. The predicted molar refractivity (Wildman–Crippen MR) is 101 cm³/mol. The van der Waals surface area contributed by atoms with Gasteiger partial charge in [0.15, 0.2) is 0 Å². The van der Waals surface area contributed by atoms with Crippen LogP contribution < -0.4 is 5.32 Å². The molecular weight excluding hydrogens is 324 g/mol. The van der Waals surface area contributed by atoms with Gasteiger partial charge in [-0.25, -0.2) is 14.8 Å². The number of aryl methyl sites for hydroxylation is 1. The molecule has 1 saturated carbocycles. The lowest BCUT2D eigenvalue weighted by Gasteiger charge is -2.39. The molecule has 0 spiro atoms. The SMILES string of the molecule is Cc1ccc(CC2CN(C(=O)NCCc3cnc(C4CC4)nc3)C2)cc1. The molecule has 0 atom stereocenters. The third-order valence-electron chi connectivity index (χ3n) is 5.25. The minimum absolute atomic E-state index is 0.0423. The smallest absolute Gasteiger partial charge is 0.317 e. The normalized spacial score (nSPS) is 17.0. The lowest BCUT2D eigenvalue weighted by molar-refractivity contribution is 0.121. The quantitative estimate of drug-likeness (QED) is 0.871. The Bertz CT molecular complexity index is 747. The van der Waals surface area contributed by atoms with Gasteiger partial charge in [0.05, 0.1) is 0 Å². The first-order chi connectivity index (χ1) is 12.7. The van der Waals surface area contributed by atoms with Crippen molar-refractivity contribution in [1.29, 1.82) is 0 Å². The van der Waals surface area contributed by atoms with Crippen LogP contribution in [0, 0.1) is 12.8 Å². The molecule has 0 unspecified atom stereocenters. The zero-order valence-electron chi connectivity index (χ0n) is 15.3. The maximum atomic E-state index is 12.2. The van der Waals surface area contributed by atoms with Gasteiger partial charge in [-0.15, -0.1) is 0 Å². The number of carbonyl (C=O) groups excluding carboxylic acids is 1. The minimum atomic E-state index is 0.0423. The third kappa shape index (κ3) is 4.21. The van der Waals surface area contributed by atoms with Crippen LogP contribution in [0.4, 0.5) is 4.79 Å².